The van der Waals surface area contributed by atoms with Crippen LogP contribution in [-0.4, -0.2) is 61.9 Å². The van der Waals surface area contributed by atoms with Crippen LogP contribution < -0.4 is 0 Å². The standard InChI is InChI=1S/C13H24O6/c1-17-6-7-18-8-11(14)9-19-12-4-2-10(3-5-12)13(15)16/h10-12,14H,2-9H2,1H3,(H,15,16). The molecule has 1 atom stereocenters. The molecule has 1 fully saturated rings. The van der Waals surface area contributed by atoms with Gasteiger partial charge in [0.25, 0.3) is 0 Å². The van der Waals surface area contributed by atoms with Crippen LogP contribution >= 0.6 is 0 Å². The summed E-state index contributed by atoms with van der Waals surface area (Å²) in [6.45, 7) is 1.42. The highest BCUT2D eigenvalue weighted by Gasteiger charge is 2.26. The summed E-state index contributed by atoms with van der Waals surface area (Å²) >= 11 is 0. The Balaban J connectivity index is 2.05. The highest BCUT2D eigenvalue weighted by molar-refractivity contribution is 5.70. The Hall–Kier alpha value is -0.690. The maximum Gasteiger partial charge on any atom is 0.306 e. The van der Waals surface area contributed by atoms with Crippen LogP contribution in [-0.2, 0) is 19.0 Å². The number of hydrogen-bond donors (Lipinski definition) is 2. The normalized spacial score (nSPS) is 25.2. The van der Waals surface area contributed by atoms with E-state index in [1.807, 2.05) is 0 Å². The molecule has 1 aliphatic rings. The third-order valence-corrected chi connectivity index (χ3v) is 3.29. The van der Waals surface area contributed by atoms with E-state index in [0.29, 0.717) is 26.1 Å². The first-order valence-corrected chi connectivity index (χ1v) is 6.72. The lowest BCUT2D eigenvalue weighted by Gasteiger charge is -2.27. The molecule has 0 amide bonds. The zero-order valence-electron chi connectivity index (χ0n) is 11.4. The molecule has 0 saturated heterocycles. The zero-order valence-corrected chi connectivity index (χ0v) is 11.4. The molecule has 1 saturated carbocycles. The molecule has 0 aliphatic heterocycles. The van der Waals surface area contributed by atoms with Gasteiger partial charge in [0.05, 0.1) is 38.4 Å². The minimum atomic E-state index is -0.718. The van der Waals surface area contributed by atoms with Gasteiger partial charge >= 0.3 is 5.97 Å². The molecule has 0 aromatic heterocycles. The third kappa shape index (κ3) is 6.87. The van der Waals surface area contributed by atoms with Crippen LogP contribution in [0.1, 0.15) is 25.7 Å². The Kier molecular flexibility index (Phi) is 7.97. The molecule has 0 aromatic carbocycles. The number of carboxylic acids is 1. The number of ether oxygens (including phenoxy) is 3. The summed E-state index contributed by atoms with van der Waals surface area (Å²) in [4.78, 5) is 10.8. The summed E-state index contributed by atoms with van der Waals surface area (Å²) in [6.07, 6.45) is 2.21. The average Bonchev–Trinajstić information content (AvgIpc) is 2.42. The molecule has 2 N–H and O–H groups in total. The quantitative estimate of drug-likeness (QED) is 0.602. The first kappa shape index (κ1) is 16.4. The van der Waals surface area contributed by atoms with Crippen molar-refractivity contribution in [3.8, 4) is 0 Å². The topological polar surface area (TPSA) is 85.2 Å². The lowest BCUT2D eigenvalue weighted by atomic mass is 9.87. The fraction of sp³-hybridized carbons (Fsp3) is 0.923. The van der Waals surface area contributed by atoms with Crippen LogP contribution in [0.2, 0.25) is 0 Å². The average molecular weight is 276 g/mol. The smallest absolute Gasteiger partial charge is 0.306 e. The second kappa shape index (κ2) is 9.25. The Bertz CT molecular complexity index is 250. The summed E-state index contributed by atoms with van der Waals surface area (Å²) in [6, 6.07) is 0. The molecule has 0 bridgehead atoms. The molecule has 1 unspecified atom stereocenters. The van der Waals surface area contributed by atoms with Crippen molar-refractivity contribution in [3.63, 3.8) is 0 Å². The molecule has 0 heterocycles. The summed E-state index contributed by atoms with van der Waals surface area (Å²) in [5.74, 6) is -0.952. The van der Waals surface area contributed by atoms with E-state index in [4.69, 9.17) is 19.3 Å². The van der Waals surface area contributed by atoms with E-state index in [2.05, 4.69) is 0 Å². The van der Waals surface area contributed by atoms with Gasteiger partial charge in [-0.25, -0.2) is 0 Å². The monoisotopic (exact) mass is 276 g/mol. The fourth-order valence-electron chi connectivity index (χ4n) is 2.13. The molecular weight excluding hydrogens is 252 g/mol. The van der Waals surface area contributed by atoms with Gasteiger partial charge in [-0.2, -0.15) is 0 Å². The number of carbonyl (C=O) groups is 1. The maximum atomic E-state index is 10.8. The van der Waals surface area contributed by atoms with Gasteiger partial charge in [-0.3, -0.25) is 4.79 Å². The highest BCUT2D eigenvalue weighted by atomic mass is 16.5. The van der Waals surface area contributed by atoms with E-state index < -0.39 is 12.1 Å². The number of aliphatic hydroxyl groups is 1. The van der Waals surface area contributed by atoms with Gasteiger partial charge in [0.15, 0.2) is 0 Å². The number of rotatable bonds is 9. The zero-order chi connectivity index (χ0) is 14.1. The van der Waals surface area contributed by atoms with Crippen LogP contribution in [0.3, 0.4) is 0 Å². The molecule has 0 aromatic rings. The Labute approximate surface area is 113 Å². The van der Waals surface area contributed by atoms with Crippen molar-refractivity contribution < 1.29 is 29.2 Å². The molecule has 0 radical (unpaired) electrons. The van der Waals surface area contributed by atoms with Crippen molar-refractivity contribution in [3.05, 3.63) is 0 Å². The van der Waals surface area contributed by atoms with Gasteiger partial charge in [0.2, 0.25) is 0 Å². The number of carboxylic acid groups (broad SMARTS) is 1. The van der Waals surface area contributed by atoms with Crippen molar-refractivity contribution >= 4 is 5.97 Å². The first-order chi connectivity index (χ1) is 9.13. The SMILES string of the molecule is COCCOCC(O)COC1CCC(C(=O)O)CC1. The Morgan fingerprint density at radius 3 is 2.47 bits per heavy atom. The molecule has 6 heteroatoms. The Morgan fingerprint density at radius 2 is 1.89 bits per heavy atom. The molecule has 1 aliphatic carbocycles. The van der Waals surface area contributed by atoms with Crippen LogP contribution in [0, 0.1) is 5.92 Å². The van der Waals surface area contributed by atoms with Crippen molar-refractivity contribution in [1.29, 1.82) is 0 Å². The molecule has 0 spiro atoms. The van der Waals surface area contributed by atoms with Crippen LogP contribution in [0.4, 0.5) is 0 Å². The van der Waals surface area contributed by atoms with Crippen molar-refractivity contribution in [1.82, 2.24) is 0 Å². The second-order valence-electron chi connectivity index (χ2n) is 4.87. The lowest BCUT2D eigenvalue weighted by Crippen LogP contribution is -2.30. The second-order valence-corrected chi connectivity index (χ2v) is 4.87. The molecule has 112 valence electrons. The van der Waals surface area contributed by atoms with E-state index in [-0.39, 0.29) is 25.2 Å². The van der Waals surface area contributed by atoms with Gasteiger partial charge in [-0.1, -0.05) is 0 Å². The first-order valence-electron chi connectivity index (χ1n) is 6.72. The van der Waals surface area contributed by atoms with Crippen molar-refractivity contribution in [2.24, 2.45) is 5.92 Å². The van der Waals surface area contributed by atoms with Crippen molar-refractivity contribution in [2.45, 2.75) is 37.9 Å². The summed E-state index contributed by atoms with van der Waals surface area (Å²) in [7, 11) is 1.59. The van der Waals surface area contributed by atoms with Crippen LogP contribution in [0.5, 0.6) is 0 Å². The minimum Gasteiger partial charge on any atom is -0.481 e. The number of aliphatic carboxylic acids is 1. The minimum absolute atomic E-state index is 0.0595. The molecule has 6 nitrogen and oxygen atoms in total. The highest BCUT2D eigenvalue weighted by Crippen LogP contribution is 2.26. The summed E-state index contributed by atoms with van der Waals surface area (Å²) < 4.78 is 15.6. The van der Waals surface area contributed by atoms with Gasteiger partial charge in [0.1, 0.15) is 6.10 Å². The molecular formula is C13H24O6. The van der Waals surface area contributed by atoms with E-state index in [1.165, 1.54) is 0 Å². The molecule has 1 rings (SSSR count). The van der Waals surface area contributed by atoms with E-state index in [9.17, 15) is 9.90 Å². The third-order valence-electron chi connectivity index (χ3n) is 3.29. The van der Waals surface area contributed by atoms with E-state index in [1.54, 1.807) is 7.11 Å². The lowest BCUT2D eigenvalue weighted by molar-refractivity contribution is -0.144. The number of hydrogen-bond acceptors (Lipinski definition) is 5. The van der Waals surface area contributed by atoms with E-state index >= 15 is 0 Å². The largest absolute Gasteiger partial charge is 0.481 e. The predicted octanol–water partition coefficient (Wildman–Crippen LogP) is 0.670. The maximum absolute atomic E-state index is 10.8. The molecule has 19 heavy (non-hydrogen) atoms. The summed E-state index contributed by atoms with van der Waals surface area (Å²) in [5.41, 5.74) is 0. The van der Waals surface area contributed by atoms with Crippen LogP contribution in [0.25, 0.3) is 0 Å². The van der Waals surface area contributed by atoms with Gasteiger partial charge in [0, 0.05) is 7.11 Å². The van der Waals surface area contributed by atoms with Gasteiger partial charge in [-0.15, -0.1) is 0 Å². The van der Waals surface area contributed by atoms with Crippen molar-refractivity contribution in [2.75, 3.05) is 33.5 Å². The fourth-order valence-corrected chi connectivity index (χ4v) is 2.13. The van der Waals surface area contributed by atoms with Gasteiger partial charge < -0.3 is 24.4 Å². The van der Waals surface area contributed by atoms with Crippen LogP contribution in [0.15, 0.2) is 0 Å². The van der Waals surface area contributed by atoms with E-state index in [0.717, 1.165) is 12.8 Å². The number of aliphatic hydroxyl groups excluding tert-OH is 1. The predicted molar refractivity (Wildman–Crippen MR) is 68.0 cm³/mol. The number of methoxy groups -OCH3 is 1. The summed E-state index contributed by atoms with van der Waals surface area (Å²) in [5, 5.41) is 18.5. The van der Waals surface area contributed by atoms with Gasteiger partial charge in [-0.05, 0) is 25.7 Å². The Morgan fingerprint density at radius 1 is 1.21 bits per heavy atom.